The summed E-state index contributed by atoms with van der Waals surface area (Å²) in [7, 11) is 0. The van der Waals surface area contributed by atoms with Gasteiger partial charge < -0.3 is 39.4 Å². The Hall–Kier alpha value is -1.07. The maximum absolute atomic E-state index is 12.8. The number of rotatable bonds is 44. The molecule has 6 atom stereocenters. The maximum atomic E-state index is 12.8. The zero-order chi connectivity index (χ0) is 42.9. The first-order chi connectivity index (χ1) is 28.9. The van der Waals surface area contributed by atoms with Crippen LogP contribution in [0.5, 0.6) is 0 Å². The van der Waals surface area contributed by atoms with E-state index in [9.17, 15) is 25.2 Å². The van der Waals surface area contributed by atoms with Crippen LogP contribution in [0.3, 0.4) is 0 Å². The molecule has 9 nitrogen and oxygen atoms in total. The third kappa shape index (κ3) is 33.2. The van der Waals surface area contributed by atoms with Gasteiger partial charge in [-0.2, -0.15) is 0 Å². The van der Waals surface area contributed by atoms with Gasteiger partial charge in [-0.25, -0.2) is 0 Å². The van der Waals surface area contributed by atoms with Gasteiger partial charge in [0.05, 0.1) is 19.8 Å². The van der Waals surface area contributed by atoms with Gasteiger partial charge in [-0.3, -0.25) is 4.79 Å². The normalized spacial score (nSPS) is 20.1. The number of aliphatic hydroxyl groups is 4. The van der Waals surface area contributed by atoms with Gasteiger partial charge in [0.25, 0.3) is 0 Å². The standard InChI is InChI=1S/C50H96O9/c1-3-5-7-9-11-13-15-17-19-21-22-23-24-26-28-30-32-34-36-38-40-56-42-44(43-57-50-49(55)48(54)47(53)45(41-51)59-50)58-46(52)39-37-35-33-31-29-27-25-20-18-16-14-12-10-8-6-4-2/h20,25,44-45,47-51,53-55H,3-19,21-24,26-43H2,1-2H3/b25-20-. The Morgan fingerprint density at radius 1 is 0.525 bits per heavy atom. The molecule has 0 aliphatic carbocycles. The average molecular weight is 841 g/mol. The fraction of sp³-hybridized carbons (Fsp3) is 0.940. The van der Waals surface area contributed by atoms with Gasteiger partial charge in [0, 0.05) is 13.0 Å². The van der Waals surface area contributed by atoms with E-state index in [1.807, 2.05) is 0 Å². The molecule has 1 heterocycles. The minimum absolute atomic E-state index is 0.111. The zero-order valence-corrected chi connectivity index (χ0v) is 38.5. The predicted molar refractivity (Wildman–Crippen MR) is 243 cm³/mol. The average Bonchev–Trinajstić information content (AvgIpc) is 3.24. The number of carbonyl (C=O) groups is 1. The molecule has 6 unspecified atom stereocenters. The molecule has 59 heavy (non-hydrogen) atoms. The first kappa shape index (κ1) is 55.9. The van der Waals surface area contributed by atoms with Gasteiger partial charge in [0.15, 0.2) is 6.29 Å². The van der Waals surface area contributed by atoms with Crippen molar-refractivity contribution in [2.24, 2.45) is 0 Å². The van der Waals surface area contributed by atoms with Gasteiger partial charge in [0.1, 0.15) is 30.5 Å². The van der Waals surface area contributed by atoms with Crippen LogP contribution in [0.2, 0.25) is 0 Å². The maximum Gasteiger partial charge on any atom is 0.306 e. The highest BCUT2D eigenvalue weighted by molar-refractivity contribution is 5.69. The van der Waals surface area contributed by atoms with E-state index in [2.05, 4.69) is 26.0 Å². The lowest BCUT2D eigenvalue weighted by atomic mass is 9.99. The molecule has 0 radical (unpaired) electrons. The summed E-state index contributed by atoms with van der Waals surface area (Å²) >= 11 is 0. The fourth-order valence-corrected chi connectivity index (χ4v) is 7.96. The molecule has 0 bridgehead atoms. The Labute approximate surface area is 363 Å². The second kappa shape index (κ2) is 42.2. The molecule has 1 rings (SSSR count). The summed E-state index contributed by atoms with van der Waals surface area (Å²) in [4.78, 5) is 12.8. The molecular weight excluding hydrogens is 745 g/mol. The van der Waals surface area contributed by atoms with E-state index in [1.165, 1.54) is 173 Å². The first-order valence-electron chi connectivity index (χ1n) is 25.3. The molecule has 1 aliphatic heterocycles. The third-order valence-electron chi connectivity index (χ3n) is 11.9. The Morgan fingerprint density at radius 3 is 1.37 bits per heavy atom. The van der Waals surface area contributed by atoms with Crippen LogP contribution in [0, 0.1) is 0 Å². The number of esters is 1. The highest BCUT2D eigenvalue weighted by Crippen LogP contribution is 2.23. The molecule has 0 aromatic rings. The number of hydrogen-bond donors (Lipinski definition) is 4. The quantitative estimate of drug-likeness (QED) is 0.0269. The minimum Gasteiger partial charge on any atom is -0.457 e. The number of allylic oxidation sites excluding steroid dienone is 2. The first-order valence-corrected chi connectivity index (χ1v) is 25.3. The zero-order valence-electron chi connectivity index (χ0n) is 38.5. The number of hydrogen-bond acceptors (Lipinski definition) is 9. The Morgan fingerprint density at radius 2 is 0.932 bits per heavy atom. The SMILES string of the molecule is CCCCCCCCC/C=C\CCCCCCCC(=O)OC(COCCCCCCCCCCCCCCCCCCCCCC)COC1OC(CO)C(O)C(O)C1O. The molecule has 0 spiro atoms. The summed E-state index contributed by atoms with van der Waals surface area (Å²) in [5, 5.41) is 40.2. The van der Waals surface area contributed by atoms with Crippen molar-refractivity contribution >= 4 is 5.97 Å². The molecule has 1 aliphatic rings. The lowest BCUT2D eigenvalue weighted by Gasteiger charge is -2.39. The van der Waals surface area contributed by atoms with Crippen molar-refractivity contribution in [3.63, 3.8) is 0 Å². The summed E-state index contributed by atoms with van der Waals surface area (Å²) in [6.07, 6.45) is 41.0. The summed E-state index contributed by atoms with van der Waals surface area (Å²) in [6, 6.07) is 0. The number of carbonyl (C=O) groups excluding carboxylic acids is 1. The highest BCUT2D eigenvalue weighted by atomic mass is 16.7. The summed E-state index contributed by atoms with van der Waals surface area (Å²) in [5.74, 6) is -0.317. The number of unbranched alkanes of at least 4 members (excludes halogenated alkanes) is 31. The molecule has 1 fully saturated rings. The number of aliphatic hydroxyl groups excluding tert-OH is 4. The molecule has 0 aromatic heterocycles. The second-order valence-electron chi connectivity index (χ2n) is 17.6. The van der Waals surface area contributed by atoms with Crippen molar-refractivity contribution in [3.8, 4) is 0 Å². The van der Waals surface area contributed by atoms with Crippen molar-refractivity contribution in [1.82, 2.24) is 0 Å². The topological polar surface area (TPSA) is 135 Å². The molecule has 4 N–H and O–H groups in total. The molecule has 350 valence electrons. The lowest BCUT2D eigenvalue weighted by Crippen LogP contribution is -2.59. The van der Waals surface area contributed by atoms with E-state index < -0.39 is 43.4 Å². The van der Waals surface area contributed by atoms with Crippen LogP contribution in [0.25, 0.3) is 0 Å². The Bertz CT molecular complexity index is 915. The van der Waals surface area contributed by atoms with E-state index in [-0.39, 0.29) is 19.2 Å². The fourth-order valence-electron chi connectivity index (χ4n) is 7.96. The highest BCUT2D eigenvalue weighted by Gasteiger charge is 2.44. The molecule has 1 saturated heterocycles. The van der Waals surface area contributed by atoms with Crippen molar-refractivity contribution < 1.29 is 44.2 Å². The third-order valence-corrected chi connectivity index (χ3v) is 11.9. The van der Waals surface area contributed by atoms with Crippen LogP contribution in [0.1, 0.15) is 239 Å². The van der Waals surface area contributed by atoms with E-state index in [0.29, 0.717) is 13.0 Å². The van der Waals surface area contributed by atoms with E-state index >= 15 is 0 Å². The van der Waals surface area contributed by atoms with Crippen LogP contribution >= 0.6 is 0 Å². The van der Waals surface area contributed by atoms with E-state index in [0.717, 1.165) is 44.9 Å². The lowest BCUT2D eigenvalue weighted by molar-refractivity contribution is -0.305. The largest absolute Gasteiger partial charge is 0.457 e. The summed E-state index contributed by atoms with van der Waals surface area (Å²) in [6.45, 7) is 4.60. The van der Waals surface area contributed by atoms with E-state index in [1.54, 1.807) is 0 Å². The van der Waals surface area contributed by atoms with Crippen molar-refractivity contribution in [1.29, 1.82) is 0 Å². The van der Waals surface area contributed by atoms with Crippen LogP contribution in [0.4, 0.5) is 0 Å². The Balaban J connectivity index is 2.20. The minimum atomic E-state index is -1.53. The number of ether oxygens (including phenoxy) is 4. The smallest absolute Gasteiger partial charge is 0.306 e. The second-order valence-corrected chi connectivity index (χ2v) is 17.6. The van der Waals surface area contributed by atoms with Crippen molar-refractivity contribution in [3.05, 3.63) is 12.2 Å². The van der Waals surface area contributed by atoms with Gasteiger partial charge in [-0.15, -0.1) is 0 Å². The summed E-state index contributed by atoms with van der Waals surface area (Å²) < 4.78 is 22.9. The molecule has 0 saturated carbocycles. The van der Waals surface area contributed by atoms with Crippen LogP contribution in [-0.2, 0) is 23.7 Å². The van der Waals surface area contributed by atoms with Gasteiger partial charge in [-0.05, 0) is 38.5 Å². The Kier molecular flexibility index (Phi) is 40.1. The van der Waals surface area contributed by atoms with E-state index in [4.69, 9.17) is 18.9 Å². The molecule has 0 amide bonds. The molecular formula is C50H96O9. The molecule has 0 aromatic carbocycles. The predicted octanol–water partition coefficient (Wildman–Crippen LogP) is 12.0. The molecule has 9 heteroatoms. The van der Waals surface area contributed by atoms with Gasteiger partial charge >= 0.3 is 5.97 Å². The van der Waals surface area contributed by atoms with Crippen LogP contribution in [0.15, 0.2) is 12.2 Å². The van der Waals surface area contributed by atoms with Crippen molar-refractivity contribution in [2.45, 2.75) is 275 Å². The summed E-state index contributed by atoms with van der Waals surface area (Å²) in [5.41, 5.74) is 0. The van der Waals surface area contributed by atoms with Crippen molar-refractivity contribution in [2.75, 3.05) is 26.4 Å². The van der Waals surface area contributed by atoms with Crippen LogP contribution < -0.4 is 0 Å². The van der Waals surface area contributed by atoms with Gasteiger partial charge in [-0.1, -0.05) is 206 Å². The van der Waals surface area contributed by atoms with Gasteiger partial charge in [0.2, 0.25) is 0 Å². The monoisotopic (exact) mass is 841 g/mol. The van der Waals surface area contributed by atoms with Crippen LogP contribution in [-0.4, -0.2) is 89.6 Å².